The first-order valence-electron chi connectivity index (χ1n) is 12.1. The largest absolute Gasteiger partial charge is 0.346 e. The Morgan fingerprint density at radius 2 is 1.95 bits per heavy atom. The van der Waals surface area contributed by atoms with Crippen LogP contribution in [-0.2, 0) is 22.9 Å². The normalized spacial score (nSPS) is 12.0. The molecule has 0 saturated carbocycles. The Morgan fingerprint density at radius 3 is 2.68 bits per heavy atom. The van der Waals surface area contributed by atoms with Crippen LogP contribution in [0.3, 0.4) is 0 Å². The van der Waals surface area contributed by atoms with Gasteiger partial charge in [-0.3, -0.25) is 4.79 Å². The predicted molar refractivity (Wildman–Crippen MR) is 150 cm³/mol. The van der Waals surface area contributed by atoms with Crippen molar-refractivity contribution in [3.05, 3.63) is 83.9 Å². The summed E-state index contributed by atoms with van der Waals surface area (Å²) in [5.41, 5.74) is 2.50. The highest BCUT2D eigenvalue weighted by molar-refractivity contribution is 7.90. The van der Waals surface area contributed by atoms with Crippen LogP contribution in [0.2, 0.25) is 0 Å². The maximum Gasteiger partial charge on any atom is 0.278 e. The highest BCUT2D eigenvalue weighted by Crippen LogP contribution is 2.24. The molecule has 3 heterocycles. The number of hydrogen-bond donors (Lipinski definition) is 1. The third-order valence-corrected chi connectivity index (χ3v) is 7.39. The summed E-state index contributed by atoms with van der Waals surface area (Å²) in [4.78, 5) is 24.5. The van der Waals surface area contributed by atoms with Crippen molar-refractivity contribution in [3.8, 4) is 5.69 Å². The Balaban J connectivity index is 1.56. The molecule has 3 aromatic heterocycles. The molecule has 0 unspecified atom stereocenters. The second-order valence-corrected chi connectivity index (χ2v) is 11.4. The van der Waals surface area contributed by atoms with Crippen LogP contribution in [0.4, 0.5) is 11.6 Å². The number of fused-ring (bicyclic) bond motifs is 2. The first-order chi connectivity index (χ1) is 18.2. The summed E-state index contributed by atoms with van der Waals surface area (Å²) in [5, 5.41) is 4.64. The van der Waals surface area contributed by atoms with Gasteiger partial charge in [0.25, 0.3) is 5.56 Å². The summed E-state index contributed by atoms with van der Waals surface area (Å²) in [7, 11) is 0.659. The van der Waals surface area contributed by atoms with Crippen LogP contribution in [0.25, 0.3) is 27.6 Å². The predicted octanol–water partition coefficient (Wildman–Crippen LogP) is 3.43. The average molecular weight is 532 g/mol. The van der Waals surface area contributed by atoms with E-state index in [9.17, 15) is 13.2 Å². The number of sulfone groups is 1. The van der Waals surface area contributed by atoms with Crippen molar-refractivity contribution in [2.75, 3.05) is 32.2 Å². The minimum absolute atomic E-state index is 0.146. The van der Waals surface area contributed by atoms with Crippen LogP contribution in [0, 0.1) is 0 Å². The number of nitrogens with one attached hydrogen (secondary N) is 1. The summed E-state index contributed by atoms with van der Waals surface area (Å²) in [6.45, 7) is 5.80. The molecule has 0 saturated heterocycles. The van der Waals surface area contributed by atoms with Crippen molar-refractivity contribution in [3.63, 3.8) is 0 Å². The van der Waals surface area contributed by atoms with Gasteiger partial charge in [-0.2, -0.15) is 4.98 Å². The molecule has 1 N–H and O–H groups in total. The lowest BCUT2D eigenvalue weighted by atomic mass is 10.2. The Bertz CT molecular complexity index is 1830. The molecular formula is C27H29N7O3S. The van der Waals surface area contributed by atoms with Crippen molar-refractivity contribution in [2.45, 2.75) is 18.0 Å². The third kappa shape index (κ3) is 4.85. The number of benzene rings is 2. The van der Waals surface area contributed by atoms with Gasteiger partial charge in [-0.05, 0) is 56.6 Å². The van der Waals surface area contributed by atoms with Crippen LogP contribution >= 0.6 is 0 Å². The van der Waals surface area contributed by atoms with E-state index in [1.165, 1.54) is 23.0 Å². The average Bonchev–Trinajstić information content (AvgIpc) is 3.40. The molecule has 0 atom stereocenters. The van der Waals surface area contributed by atoms with Crippen molar-refractivity contribution in [1.82, 2.24) is 28.8 Å². The highest BCUT2D eigenvalue weighted by Gasteiger charge is 2.18. The van der Waals surface area contributed by atoms with Crippen molar-refractivity contribution in [2.24, 2.45) is 0 Å². The van der Waals surface area contributed by atoms with Crippen molar-refractivity contribution in [1.29, 1.82) is 0 Å². The van der Waals surface area contributed by atoms with Crippen molar-refractivity contribution >= 4 is 43.4 Å². The van der Waals surface area contributed by atoms with E-state index >= 15 is 0 Å². The molecule has 5 aromatic rings. The first kappa shape index (κ1) is 25.4. The Kier molecular flexibility index (Phi) is 6.64. The fraction of sp³-hybridized carbons (Fsp3) is 0.222. The van der Waals surface area contributed by atoms with Crippen LogP contribution in [0.5, 0.6) is 0 Å². The van der Waals surface area contributed by atoms with Crippen LogP contribution in [0.15, 0.2) is 83.3 Å². The summed E-state index contributed by atoms with van der Waals surface area (Å²) in [6.07, 6.45) is 6.31. The molecule has 11 heteroatoms. The molecule has 0 radical (unpaired) electrons. The van der Waals surface area contributed by atoms with Gasteiger partial charge in [0, 0.05) is 48.3 Å². The lowest BCUT2D eigenvalue weighted by Crippen LogP contribution is -2.21. The van der Waals surface area contributed by atoms with E-state index in [-0.39, 0.29) is 17.0 Å². The van der Waals surface area contributed by atoms with Gasteiger partial charge in [0.2, 0.25) is 5.95 Å². The summed E-state index contributed by atoms with van der Waals surface area (Å²) >= 11 is 0. The lowest BCUT2D eigenvalue weighted by molar-refractivity contribution is 0.387. The summed E-state index contributed by atoms with van der Waals surface area (Å²) in [5.74, 6) is 0.313. The van der Waals surface area contributed by atoms with Crippen molar-refractivity contribution < 1.29 is 8.42 Å². The van der Waals surface area contributed by atoms with Crippen LogP contribution in [0.1, 0.15) is 0 Å². The third-order valence-electron chi connectivity index (χ3n) is 6.28. The fourth-order valence-corrected chi connectivity index (χ4v) is 5.05. The first-order valence-corrected chi connectivity index (χ1v) is 14.0. The maximum atomic E-state index is 13.2. The molecule has 0 aliphatic heterocycles. The quantitative estimate of drug-likeness (QED) is 0.291. The van der Waals surface area contributed by atoms with Gasteiger partial charge in [-0.25, -0.2) is 22.8 Å². The van der Waals surface area contributed by atoms with Gasteiger partial charge >= 0.3 is 0 Å². The number of allylic oxidation sites excluding steroid dienone is 1. The molecule has 0 aliphatic rings. The second-order valence-electron chi connectivity index (χ2n) is 9.40. The Hall–Kier alpha value is -4.22. The van der Waals surface area contributed by atoms with Gasteiger partial charge in [0.1, 0.15) is 5.39 Å². The van der Waals surface area contributed by atoms with E-state index in [0.29, 0.717) is 22.7 Å². The molecule has 0 amide bonds. The molecule has 38 heavy (non-hydrogen) atoms. The Morgan fingerprint density at radius 1 is 1.13 bits per heavy atom. The topological polar surface area (TPSA) is 107 Å². The molecule has 0 fully saturated rings. The maximum absolute atomic E-state index is 13.2. The number of aromatic nitrogens is 5. The fourth-order valence-electron chi connectivity index (χ4n) is 4.39. The van der Waals surface area contributed by atoms with E-state index in [0.717, 1.165) is 35.9 Å². The lowest BCUT2D eigenvalue weighted by Gasteiger charge is -2.12. The van der Waals surface area contributed by atoms with E-state index in [4.69, 9.17) is 0 Å². The monoisotopic (exact) mass is 531 g/mol. The molecule has 5 rings (SSSR count). The zero-order valence-electron chi connectivity index (χ0n) is 21.5. The van der Waals surface area contributed by atoms with Gasteiger partial charge < -0.3 is 14.8 Å². The second kappa shape index (κ2) is 9.92. The van der Waals surface area contributed by atoms with Gasteiger partial charge in [0.05, 0.1) is 17.1 Å². The number of anilines is 2. The summed E-state index contributed by atoms with van der Waals surface area (Å²) < 4.78 is 29.6. The molecule has 10 nitrogen and oxygen atoms in total. The van der Waals surface area contributed by atoms with Gasteiger partial charge in [0.15, 0.2) is 15.5 Å². The van der Waals surface area contributed by atoms with E-state index < -0.39 is 9.84 Å². The van der Waals surface area contributed by atoms with Crippen LogP contribution in [-0.4, -0.2) is 64.1 Å². The highest BCUT2D eigenvalue weighted by atomic mass is 32.2. The van der Waals surface area contributed by atoms with Gasteiger partial charge in [-0.15, -0.1) is 6.58 Å². The number of hydrogen-bond acceptors (Lipinski definition) is 7. The minimum Gasteiger partial charge on any atom is -0.346 e. The van der Waals surface area contributed by atoms with Gasteiger partial charge in [-0.1, -0.05) is 12.1 Å². The number of nitrogens with zero attached hydrogens (tertiary/aromatic N) is 6. The Labute approximate surface area is 220 Å². The molecule has 0 bridgehead atoms. The minimum atomic E-state index is -3.45. The summed E-state index contributed by atoms with van der Waals surface area (Å²) in [6, 6.07) is 14.5. The smallest absolute Gasteiger partial charge is 0.278 e. The zero-order chi connectivity index (χ0) is 27.0. The molecule has 0 spiro atoms. The van der Waals surface area contributed by atoms with E-state index in [1.54, 1.807) is 22.9 Å². The number of rotatable bonds is 9. The zero-order valence-corrected chi connectivity index (χ0v) is 22.3. The molecular weight excluding hydrogens is 502 g/mol. The molecule has 0 aliphatic carbocycles. The van der Waals surface area contributed by atoms with E-state index in [1.807, 2.05) is 12.1 Å². The van der Waals surface area contributed by atoms with Crippen LogP contribution < -0.4 is 10.9 Å². The standard InChI is InChI=1S/C27H29N7O3S/c1-5-12-33-26(35)23-18-28-27(30-25(23)34(33)21-7-6-8-22(17-21)38(4,36)37)29-20-9-10-24-19(16-20)11-13-32(24)15-14-31(2)3/h5-11,13,16-18H,1,12,14-15H2,2-4H3,(H,28,29,30). The number of likely N-dealkylation sites (N-methyl/N-ethyl adjacent to an activating group) is 1. The molecule has 196 valence electrons. The van der Waals surface area contributed by atoms with E-state index in [2.05, 4.69) is 63.8 Å². The SMILES string of the molecule is C=CCn1c(=O)c2cnc(Nc3ccc4c(ccn4CCN(C)C)c3)nc2n1-c1cccc(S(C)(=O)=O)c1. The molecule has 2 aromatic carbocycles.